The summed E-state index contributed by atoms with van der Waals surface area (Å²) in [7, 11) is 0. The van der Waals surface area contributed by atoms with Crippen molar-refractivity contribution in [2.45, 2.75) is 69.2 Å². The molecule has 0 saturated carbocycles. The van der Waals surface area contributed by atoms with E-state index >= 15 is 0 Å². The Balaban J connectivity index is 0.833. The Kier molecular flexibility index (Phi) is 15.2. The highest BCUT2D eigenvalue weighted by atomic mass is 32.1. The first-order valence-corrected chi connectivity index (χ1v) is 31.0. The molecule has 1 heterocycles. The summed E-state index contributed by atoms with van der Waals surface area (Å²) >= 11 is 1.86. The number of benzene rings is 12. The summed E-state index contributed by atoms with van der Waals surface area (Å²) in [5.74, 6) is 0. The average Bonchev–Trinajstić information content (AvgIpc) is 1.86. The topological polar surface area (TPSA) is 13.0 Å². The maximum absolute atomic E-state index is 2.43. The summed E-state index contributed by atoms with van der Waals surface area (Å²) in [5.41, 5.74) is 30.7. The van der Waals surface area contributed by atoms with Gasteiger partial charge in [0.1, 0.15) is 0 Å². The molecule has 13 rings (SSSR count). The molecule has 1 aromatic heterocycles. The predicted octanol–water partition coefficient (Wildman–Crippen LogP) is 24.4. The first-order valence-electron chi connectivity index (χ1n) is 30.2. The summed E-state index contributed by atoms with van der Waals surface area (Å²) in [6.45, 7) is 21.8. The van der Waals surface area contributed by atoms with E-state index in [0.29, 0.717) is 0 Å². The Hall–Kier alpha value is -9.94. The van der Waals surface area contributed by atoms with Gasteiger partial charge in [-0.05, 0) is 247 Å². The summed E-state index contributed by atoms with van der Waals surface area (Å²) in [4.78, 5) is 9.59. The zero-order valence-corrected chi connectivity index (χ0v) is 52.3. The van der Waals surface area contributed by atoms with Crippen molar-refractivity contribution < 1.29 is 0 Å². The van der Waals surface area contributed by atoms with Gasteiger partial charge in [0, 0.05) is 88.4 Å². The lowest BCUT2D eigenvalue weighted by Crippen LogP contribution is -2.12. The highest BCUT2D eigenvalue weighted by Crippen LogP contribution is 2.47. The second-order valence-electron chi connectivity index (χ2n) is 23.8. The van der Waals surface area contributed by atoms with E-state index in [-0.39, 0.29) is 0 Å². The Morgan fingerprint density at radius 3 is 0.644 bits per heavy atom. The van der Waals surface area contributed by atoms with Crippen molar-refractivity contribution in [3.05, 3.63) is 310 Å². The van der Waals surface area contributed by atoms with E-state index in [9.17, 15) is 0 Å². The standard InChI is InChI=1S/C82H72N4S/c1-53-11-27-67(28-12-53)83(77-41-15-55(3)47-59(77)7)69-31-19-63(20-32-69)65-23-35-71(36-24-65)85(79-43-17-57(5)49-61(79)9)73-39-45-81-75(51-73)76-52-74(40-46-82(76)87-81)86(80-44-18-58(6)50-62(80)10)72-37-25-66(26-38-72)64-21-33-70(34-22-64)84(68-29-13-54(2)14-30-68)78-42-16-56(4)48-60(78)8/h11-52H,1-10H3. The number of rotatable bonds is 14. The van der Waals surface area contributed by atoms with E-state index in [0.717, 1.165) is 68.0 Å². The third-order valence-electron chi connectivity index (χ3n) is 17.1. The lowest BCUT2D eigenvalue weighted by molar-refractivity contribution is 1.23. The molecule has 0 bridgehead atoms. The zero-order valence-electron chi connectivity index (χ0n) is 51.4. The van der Waals surface area contributed by atoms with Gasteiger partial charge in [-0.2, -0.15) is 0 Å². The third-order valence-corrected chi connectivity index (χ3v) is 18.2. The van der Waals surface area contributed by atoms with Crippen LogP contribution in [0.15, 0.2) is 255 Å². The van der Waals surface area contributed by atoms with Gasteiger partial charge < -0.3 is 19.6 Å². The van der Waals surface area contributed by atoms with Gasteiger partial charge in [0.2, 0.25) is 0 Å². The van der Waals surface area contributed by atoms with Crippen LogP contribution in [0.1, 0.15) is 55.6 Å². The van der Waals surface area contributed by atoms with Crippen LogP contribution in [0, 0.1) is 69.2 Å². The normalized spacial score (nSPS) is 11.3. The van der Waals surface area contributed by atoms with Crippen molar-refractivity contribution >= 4 is 99.8 Å². The first-order chi connectivity index (χ1) is 42.2. The molecule has 0 aliphatic rings. The first kappa shape index (κ1) is 56.2. The van der Waals surface area contributed by atoms with Crippen LogP contribution in [0.4, 0.5) is 68.2 Å². The molecule has 0 amide bonds. The smallest absolute Gasteiger partial charge is 0.0490 e. The minimum atomic E-state index is 1.10. The van der Waals surface area contributed by atoms with Crippen molar-refractivity contribution in [3.8, 4) is 22.3 Å². The van der Waals surface area contributed by atoms with Crippen LogP contribution in [0.2, 0.25) is 0 Å². The number of hydrogen-bond acceptors (Lipinski definition) is 5. The fourth-order valence-electron chi connectivity index (χ4n) is 12.6. The maximum Gasteiger partial charge on any atom is 0.0490 e. The van der Waals surface area contributed by atoms with Crippen molar-refractivity contribution in [2.24, 2.45) is 0 Å². The minimum Gasteiger partial charge on any atom is -0.310 e. The summed E-state index contributed by atoms with van der Waals surface area (Å²) < 4.78 is 2.52. The van der Waals surface area contributed by atoms with Gasteiger partial charge in [-0.3, -0.25) is 0 Å². The molecule has 0 spiro atoms. The second kappa shape index (κ2) is 23.5. The number of thiophene rings is 1. The molecule has 5 heteroatoms. The van der Waals surface area contributed by atoms with Crippen LogP contribution in [0.3, 0.4) is 0 Å². The summed E-state index contributed by atoms with van der Waals surface area (Å²) in [6, 6.07) is 94.9. The zero-order chi connectivity index (χ0) is 60.0. The number of aryl methyl sites for hydroxylation is 10. The molecular formula is C82H72N4S. The van der Waals surface area contributed by atoms with Gasteiger partial charge in [0.05, 0.1) is 0 Å². The number of hydrogen-bond donors (Lipinski definition) is 0. The number of anilines is 12. The molecule has 0 radical (unpaired) electrons. The highest BCUT2D eigenvalue weighted by molar-refractivity contribution is 7.25. The highest BCUT2D eigenvalue weighted by Gasteiger charge is 2.22. The van der Waals surface area contributed by atoms with Crippen molar-refractivity contribution in [3.63, 3.8) is 0 Å². The van der Waals surface area contributed by atoms with Crippen molar-refractivity contribution in [1.29, 1.82) is 0 Å². The molecular weight excluding hydrogens is 1070 g/mol. The molecule has 426 valence electrons. The minimum absolute atomic E-state index is 1.10. The van der Waals surface area contributed by atoms with E-state index < -0.39 is 0 Å². The van der Waals surface area contributed by atoms with Crippen molar-refractivity contribution in [1.82, 2.24) is 0 Å². The van der Waals surface area contributed by atoms with Gasteiger partial charge in [-0.25, -0.2) is 0 Å². The van der Waals surface area contributed by atoms with Crippen LogP contribution < -0.4 is 19.6 Å². The van der Waals surface area contributed by atoms with Crippen LogP contribution >= 0.6 is 11.3 Å². The molecule has 0 aliphatic heterocycles. The number of fused-ring (bicyclic) bond motifs is 3. The monoisotopic (exact) mass is 1140 g/mol. The maximum atomic E-state index is 2.43. The van der Waals surface area contributed by atoms with Crippen LogP contribution in [-0.2, 0) is 0 Å². The Morgan fingerprint density at radius 2 is 0.402 bits per heavy atom. The second-order valence-corrected chi connectivity index (χ2v) is 24.9. The van der Waals surface area contributed by atoms with E-state index in [1.165, 1.54) is 98.3 Å². The van der Waals surface area contributed by atoms with Crippen LogP contribution in [-0.4, -0.2) is 0 Å². The van der Waals surface area contributed by atoms with Crippen LogP contribution in [0.5, 0.6) is 0 Å². The van der Waals surface area contributed by atoms with E-state index in [1.807, 2.05) is 11.3 Å². The SMILES string of the molecule is Cc1ccc(N(c2ccc(-c3ccc(N(c4ccc5sc6ccc(N(c7ccc(-c8ccc(N(c9ccc(C)cc9)c9ccc(C)cc9C)cc8)cc7)c7ccc(C)cc7C)cc6c5c4)c4ccc(C)cc4C)cc3)cc2)c2ccc(C)cc2C)cc1. The van der Waals surface area contributed by atoms with Crippen LogP contribution in [0.25, 0.3) is 42.4 Å². The fraction of sp³-hybridized carbons (Fsp3) is 0.122. The molecule has 13 aromatic rings. The molecule has 0 N–H and O–H groups in total. The van der Waals surface area contributed by atoms with E-state index in [1.54, 1.807) is 0 Å². The summed E-state index contributed by atoms with van der Waals surface area (Å²) in [5, 5.41) is 2.47. The molecule has 0 aliphatic carbocycles. The molecule has 4 nitrogen and oxygen atoms in total. The van der Waals surface area contributed by atoms with Gasteiger partial charge >= 0.3 is 0 Å². The van der Waals surface area contributed by atoms with Crippen molar-refractivity contribution in [2.75, 3.05) is 19.6 Å². The number of nitrogens with zero attached hydrogens (tertiary/aromatic N) is 4. The molecule has 0 saturated heterocycles. The largest absolute Gasteiger partial charge is 0.310 e. The van der Waals surface area contributed by atoms with E-state index in [4.69, 9.17) is 0 Å². The molecule has 0 unspecified atom stereocenters. The Morgan fingerprint density at radius 1 is 0.195 bits per heavy atom. The molecule has 12 aromatic carbocycles. The molecule has 0 fully saturated rings. The lowest BCUT2D eigenvalue weighted by Gasteiger charge is -2.28. The summed E-state index contributed by atoms with van der Waals surface area (Å²) in [6.07, 6.45) is 0. The van der Waals surface area contributed by atoms with E-state index in [2.05, 4.69) is 344 Å². The molecule has 0 atom stereocenters. The Labute approximate surface area is 518 Å². The van der Waals surface area contributed by atoms with Gasteiger partial charge in [0.15, 0.2) is 0 Å². The average molecular weight is 1150 g/mol. The predicted molar refractivity (Wildman–Crippen MR) is 376 cm³/mol. The Bertz CT molecular complexity index is 4360. The quantitative estimate of drug-likeness (QED) is 0.108. The van der Waals surface area contributed by atoms with Gasteiger partial charge in [-0.1, -0.05) is 155 Å². The fourth-order valence-corrected chi connectivity index (χ4v) is 13.6. The third kappa shape index (κ3) is 11.3. The van der Waals surface area contributed by atoms with Gasteiger partial charge in [0.25, 0.3) is 0 Å². The van der Waals surface area contributed by atoms with Gasteiger partial charge in [-0.15, -0.1) is 11.3 Å². The lowest BCUT2D eigenvalue weighted by atomic mass is 10.0. The molecule has 87 heavy (non-hydrogen) atoms.